The zero-order valence-corrected chi connectivity index (χ0v) is 17.2. The molecule has 0 N–H and O–H groups in total. The summed E-state index contributed by atoms with van der Waals surface area (Å²) in [5.41, 5.74) is 1.73. The van der Waals surface area contributed by atoms with E-state index in [9.17, 15) is 14.9 Å². The second kappa shape index (κ2) is 9.13. The van der Waals surface area contributed by atoms with Gasteiger partial charge in [-0.15, -0.1) is 0 Å². The van der Waals surface area contributed by atoms with Crippen LogP contribution in [0.2, 0.25) is 0 Å². The topological polar surface area (TPSA) is 96.5 Å². The Morgan fingerprint density at radius 3 is 2.41 bits per heavy atom. The molecule has 3 aromatic carbocycles. The Hall–Kier alpha value is -4.46. The molecule has 4 rings (SSSR count). The van der Waals surface area contributed by atoms with Crippen molar-refractivity contribution in [1.82, 2.24) is 9.78 Å². The number of non-ortho nitro benzene ring substituents is 1. The summed E-state index contributed by atoms with van der Waals surface area (Å²) in [7, 11) is 0. The van der Waals surface area contributed by atoms with Gasteiger partial charge in [0, 0.05) is 23.9 Å². The zero-order chi connectivity index (χ0) is 22.5. The fraction of sp³-hybridized carbons (Fsp3) is 0.0833. The largest absolute Gasteiger partial charge is 0.462 e. The maximum atomic E-state index is 12.6. The second-order valence-corrected chi connectivity index (χ2v) is 6.77. The van der Waals surface area contributed by atoms with Crippen molar-refractivity contribution in [2.45, 2.75) is 6.92 Å². The number of para-hydroxylation sites is 1. The predicted octanol–water partition coefficient (Wildman–Crippen LogP) is 5.42. The van der Waals surface area contributed by atoms with Gasteiger partial charge in [-0.05, 0) is 49.4 Å². The van der Waals surface area contributed by atoms with Crippen LogP contribution in [0.5, 0.6) is 11.5 Å². The van der Waals surface area contributed by atoms with E-state index in [0.717, 1.165) is 0 Å². The molecule has 0 unspecified atom stereocenters. The number of benzene rings is 3. The van der Waals surface area contributed by atoms with Gasteiger partial charge in [-0.25, -0.2) is 9.48 Å². The van der Waals surface area contributed by atoms with Gasteiger partial charge in [-0.1, -0.05) is 24.3 Å². The van der Waals surface area contributed by atoms with E-state index in [1.807, 2.05) is 30.3 Å². The second-order valence-electron chi connectivity index (χ2n) is 6.77. The molecule has 1 aromatic heterocycles. The van der Waals surface area contributed by atoms with Gasteiger partial charge in [0.25, 0.3) is 5.69 Å². The lowest BCUT2D eigenvalue weighted by atomic mass is 10.1. The smallest absolute Gasteiger partial charge is 0.342 e. The Bertz CT molecular complexity index is 1250. The number of ether oxygens (including phenoxy) is 2. The number of esters is 1. The van der Waals surface area contributed by atoms with Crippen molar-refractivity contribution in [2.24, 2.45) is 0 Å². The van der Waals surface area contributed by atoms with Crippen LogP contribution in [0.1, 0.15) is 17.3 Å². The van der Waals surface area contributed by atoms with Gasteiger partial charge in [0.2, 0.25) is 0 Å². The number of nitro groups is 1. The van der Waals surface area contributed by atoms with E-state index in [0.29, 0.717) is 28.4 Å². The van der Waals surface area contributed by atoms with Crippen molar-refractivity contribution >= 4 is 11.7 Å². The molecule has 4 aromatic rings. The number of rotatable bonds is 7. The molecular formula is C24H19N3O5. The first-order valence-corrected chi connectivity index (χ1v) is 9.90. The quantitative estimate of drug-likeness (QED) is 0.221. The third kappa shape index (κ3) is 4.49. The summed E-state index contributed by atoms with van der Waals surface area (Å²) in [5.74, 6) is 0.821. The van der Waals surface area contributed by atoms with E-state index in [1.54, 1.807) is 43.3 Å². The third-order valence-electron chi connectivity index (χ3n) is 4.62. The Morgan fingerprint density at radius 2 is 1.72 bits per heavy atom. The van der Waals surface area contributed by atoms with Crippen LogP contribution >= 0.6 is 0 Å². The fourth-order valence-corrected chi connectivity index (χ4v) is 3.13. The van der Waals surface area contributed by atoms with Crippen molar-refractivity contribution in [1.29, 1.82) is 0 Å². The highest BCUT2D eigenvalue weighted by Gasteiger charge is 2.20. The highest BCUT2D eigenvalue weighted by Crippen LogP contribution is 2.29. The molecule has 0 spiro atoms. The molecule has 0 fully saturated rings. The van der Waals surface area contributed by atoms with Crippen molar-refractivity contribution in [2.75, 3.05) is 6.61 Å². The van der Waals surface area contributed by atoms with Crippen molar-refractivity contribution in [3.63, 3.8) is 0 Å². The summed E-state index contributed by atoms with van der Waals surface area (Å²) in [6.45, 7) is 1.93. The van der Waals surface area contributed by atoms with E-state index in [4.69, 9.17) is 9.47 Å². The van der Waals surface area contributed by atoms with E-state index >= 15 is 0 Å². The van der Waals surface area contributed by atoms with Gasteiger partial charge in [0.1, 0.15) is 22.8 Å². The van der Waals surface area contributed by atoms with Gasteiger partial charge in [0.05, 0.1) is 17.2 Å². The summed E-state index contributed by atoms with van der Waals surface area (Å²) in [4.78, 5) is 23.2. The van der Waals surface area contributed by atoms with Gasteiger partial charge in [0.15, 0.2) is 0 Å². The highest BCUT2D eigenvalue weighted by atomic mass is 16.6. The number of carbonyl (C=O) groups excluding carboxylic acids is 1. The summed E-state index contributed by atoms with van der Waals surface area (Å²) < 4.78 is 12.4. The van der Waals surface area contributed by atoms with E-state index in [-0.39, 0.29) is 17.9 Å². The van der Waals surface area contributed by atoms with Crippen LogP contribution in [0, 0.1) is 10.1 Å². The molecule has 160 valence electrons. The minimum absolute atomic E-state index is 0.0698. The predicted molar refractivity (Wildman–Crippen MR) is 118 cm³/mol. The Kier molecular flexibility index (Phi) is 5.94. The number of nitrogens with zero attached hydrogens (tertiary/aromatic N) is 3. The van der Waals surface area contributed by atoms with Crippen LogP contribution in [0.3, 0.4) is 0 Å². The molecular weight excluding hydrogens is 410 g/mol. The molecule has 0 bridgehead atoms. The average Bonchev–Trinajstić information content (AvgIpc) is 3.26. The van der Waals surface area contributed by atoms with Gasteiger partial charge >= 0.3 is 5.97 Å². The molecule has 0 amide bonds. The Morgan fingerprint density at radius 1 is 1.00 bits per heavy atom. The SMILES string of the molecule is CCOC(=O)c1cn(-c2cccc([N+](=O)[O-])c2)nc1-c1ccc(Oc2ccccc2)cc1. The third-order valence-corrected chi connectivity index (χ3v) is 4.62. The molecule has 0 saturated heterocycles. The van der Waals surface area contributed by atoms with Crippen molar-refractivity contribution in [3.8, 4) is 28.4 Å². The maximum Gasteiger partial charge on any atom is 0.342 e. The highest BCUT2D eigenvalue weighted by molar-refractivity contribution is 5.96. The number of nitro benzene ring substituents is 1. The van der Waals surface area contributed by atoms with Gasteiger partial charge < -0.3 is 9.47 Å². The molecule has 0 aliphatic carbocycles. The fourth-order valence-electron chi connectivity index (χ4n) is 3.13. The molecule has 0 aliphatic rings. The lowest BCUT2D eigenvalue weighted by molar-refractivity contribution is -0.384. The average molecular weight is 429 g/mol. The minimum Gasteiger partial charge on any atom is -0.462 e. The maximum absolute atomic E-state index is 12.6. The van der Waals surface area contributed by atoms with E-state index in [2.05, 4.69) is 5.10 Å². The van der Waals surface area contributed by atoms with Crippen LogP contribution in [0.25, 0.3) is 16.9 Å². The van der Waals surface area contributed by atoms with E-state index in [1.165, 1.54) is 23.0 Å². The number of hydrogen-bond acceptors (Lipinski definition) is 6. The molecule has 32 heavy (non-hydrogen) atoms. The first kappa shape index (κ1) is 20.8. The zero-order valence-electron chi connectivity index (χ0n) is 17.2. The van der Waals surface area contributed by atoms with Gasteiger partial charge in [-0.3, -0.25) is 10.1 Å². The van der Waals surface area contributed by atoms with Crippen molar-refractivity contribution < 1.29 is 19.2 Å². The van der Waals surface area contributed by atoms with Crippen molar-refractivity contribution in [3.05, 3.63) is 101 Å². The van der Waals surface area contributed by atoms with Crippen LogP contribution in [0.4, 0.5) is 5.69 Å². The molecule has 0 radical (unpaired) electrons. The lowest BCUT2D eigenvalue weighted by Gasteiger charge is -2.07. The number of hydrogen-bond donors (Lipinski definition) is 0. The number of carbonyl (C=O) groups is 1. The van der Waals surface area contributed by atoms with Crippen LogP contribution < -0.4 is 4.74 Å². The van der Waals surface area contributed by atoms with Crippen LogP contribution in [-0.4, -0.2) is 27.3 Å². The minimum atomic E-state index is -0.524. The van der Waals surface area contributed by atoms with E-state index < -0.39 is 10.9 Å². The van der Waals surface area contributed by atoms with Crippen LogP contribution in [0.15, 0.2) is 85.1 Å². The molecule has 0 saturated carbocycles. The summed E-state index contributed by atoms with van der Waals surface area (Å²) >= 11 is 0. The first-order valence-electron chi connectivity index (χ1n) is 9.90. The summed E-state index contributed by atoms with van der Waals surface area (Å²) in [5, 5.41) is 15.6. The normalized spacial score (nSPS) is 10.5. The Balaban J connectivity index is 1.70. The van der Waals surface area contributed by atoms with Gasteiger partial charge in [-0.2, -0.15) is 5.10 Å². The summed E-state index contributed by atoms with van der Waals surface area (Å²) in [6.07, 6.45) is 1.51. The molecule has 8 heteroatoms. The Labute approximate surface area is 183 Å². The molecule has 0 aliphatic heterocycles. The molecule has 1 heterocycles. The monoisotopic (exact) mass is 429 g/mol. The standard InChI is InChI=1S/C24H19N3O5/c1-2-31-24(28)22-16-26(18-7-6-8-19(15-18)27(29)30)25-23(22)17-11-13-21(14-12-17)32-20-9-4-3-5-10-20/h3-16H,2H2,1H3. The molecule has 0 atom stereocenters. The summed E-state index contributed by atoms with van der Waals surface area (Å²) in [6, 6.07) is 22.6. The van der Waals surface area contributed by atoms with Crippen LogP contribution in [-0.2, 0) is 4.74 Å². The molecule has 8 nitrogen and oxygen atoms in total. The first-order chi connectivity index (χ1) is 15.5. The lowest BCUT2D eigenvalue weighted by Crippen LogP contribution is -2.05. The number of aromatic nitrogens is 2.